The van der Waals surface area contributed by atoms with Gasteiger partial charge in [-0.25, -0.2) is 9.97 Å². The molecule has 0 aliphatic heterocycles. The van der Waals surface area contributed by atoms with Crippen LogP contribution in [0.3, 0.4) is 0 Å². The van der Waals surface area contributed by atoms with Crippen molar-refractivity contribution < 1.29 is 4.79 Å². The molecule has 0 aliphatic carbocycles. The Morgan fingerprint density at radius 3 is 2.81 bits per heavy atom. The number of carbonyl (C=O) groups is 1. The van der Waals surface area contributed by atoms with E-state index in [1.807, 2.05) is 22.9 Å². The molecule has 0 saturated carbocycles. The molecular weight excluding hydrogens is 414 g/mol. The molecule has 2 N–H and O–H groups in total. The van der Waals surface area contributed by atoms with Crippen LogP contribution in [-0.4, -0.2) is 37.0 Å². The average molecular weight is 434 g/mol. The van der Waals surface area contributed by atoms with Crippen LogP contribution < -0.4 is 10.6 Å². The fraction of sp³-hybridized carbons (Fsp3) is 0.136. The Hall–Kier alpha value is -3.78. The lowest BCUT2D eigenvalue weighted by molar-refractivity contribution is 0.0952. The van der Waals surface area contributed by atoms with E-state index >= 15 is 0 Å². The number of aryl methyl sites for hydroxylation is 1. The number of hydrogen-bond acceptors (Lipinski definition) is 6. The normalized spacial score (nSPS) is 10.6. The summed E-state index contributed by atoms with van der Waals surface area (Å²) in [5, 5.41) is 6.72. The number of pyridine rings is 1. The minimum Gasteiger partial charge on any atom is -0.352 e. The number of hydrogen-bond donors (Lipinski definition) is 2. The number of anilines is 2. The molecule has 1 aromatic carbocycles. The molecule has 4 aromatic rings. The molecule has 0 fully saturated rings. The van der Waals surface area contributed by atoms with Crippen LogP contribution in [0.15, 0.2) is 73.8 Å². The summed E-state index contributed by atoms with van der Waals surface area (Å²) in [4.78, 5) is 29.5. The van der Waals surface area contributed by atoms with E-state index in [9.17, 15) is 4.79 Å². The molecule has 0 aliphatic rings. The van der Waals surface area contributed by atoms with Crippen LogP contribution in [-0.2, 0) is 6.54 Å². The highest BCUT2D eigenvalue weighted by Crippen LogP contribution is 2.22. The minimum atomic E-state index is -0.179. The number of carbonyl (C=O) groups excluding carboxylic acids is 1. The Morgan fingerprint density at radius 1 is 1.06 bits per heavy atom. The van der Waals surface area contributed by atoms with Crippen LogP contribution in [0.2, 0.25) is 5.02 Å². The first-order valence-electron chi connectivity index (χ1n) is 9.71. The first-order valence-corrected chi connectivity index (χ1v) is 10.1. The number of imidazole rings is 1. The van der Waals surface area contributed by atoms with E-state index in [4.69, 9.17) is 11.6 Å². The maximum Gasteiger partial charge on any atom is 0.252 e. The molecule has 9 heteroatoms. The van der Waals surface area contributed by atoms with Crippen LogP contribution in [0.25, 0.3) is 11.3 Å². The standard InChI is InChI=1S/C22H20ClN7O/c23-18-3-1-4-19(10-18)28-21-14-26-13-20(29-21)16-9-17(12-25-11-16)22(31)27-5-2-7-30-8-6-24-15-30/h1,3-4,6,8-15H,2,5,7H2,(H,27,31)(H,28,29). The summed E-state index contributed by atoms with van der Waals surface area (Å²) in [7, 11) is 0. The number of nitrogens with one attached hydrogen (secondary N) is 2. The molecule has 4 rings (SSSR count). The lowest BCUT2D eigenvalue weighted by Crippen LogP contribution is -2.25. The minimum absolute atomic E-state index is 0.179. The van der Waals surface area contributed by atoms with Crippen molar-refractivity contribution in [3.8, 4) is 11.3 Å². The molecule has 8 nitrogen and oxygen atoms in total. The van der Waals surface area contributed by atoms with Gasteiger partial charge in [-0.3, -0.25) is 14.8 Å². The molecule has 0 unspecified atom stereocenters. The van der Waals surface area contributed by atoms with E-state index in [0.29, 0.717) is 34.2 Å². The number of amides is 1. The van der Waals surface area contributed by atoms with Gasteiger partial charge in [-0.1, -0.05) is 17.7 Å². The number of halogens is 1. The Kier molecular flexibility index (Phi) is 6.49. The molecule has 0 atom stereocenters. The monoisotopic (exact) mass is 433 g/mol. The summed E-state index contributed by atoms with van der Waals surface area (Å²) in [6.45, 7) is 1.35. The summed E-state index contributed by atoms with van der Waals surface area (Å²) in [6.07, 6.45) is 12.6. The zero-order valence-corrected chi connectivity index (χ0v) is 17.3. The van der Waals surface area contributed by atoms with E-state index in [0.717, 1.165) is 18.7 Å². The second-order valence-electron chi connectivity index (χ2n) is 6.80. The second kappa shape index (κ2) is 9.82. The number of benzene rings is 1. The average Bonchev–Trinajstić information content (AvgIpc) is 3.30. The Bertz CT molecular complexity index is 1160. The SMILES string of the molecule is O=C(NCCCn1ccnc1)c1cncc(-c2cncc(Nc3cccc(Cl)c3)n2)c1. The van der Waals surface area contributed by atoms with E-state index < -0.39 is 0 Å². The molecule has 0 radical (unpaired) electrons. The van der Waals surface area contributed by atoms with Crippen molar-refractivity contribution in [2.24, 2.45) is 0 Å². The molecule has 31 heavy (non-hydrogen) atoms. The quantitative estimate of drug-likeness (QED) is 0.408. The highest BCUT2D eigenvalue weighted by molar-refractivity contribution is 6.30. The summed E-state index contributed by atoms with van der Waals surface area (Å²) < 4.78 is 1.97. The first kappa shape index (κ1) is 20.5. The zero-order valence-electron chi connectivity index (χ0n) is 16.6. The number of nitrogens with zero attached hydrogens (tertiary/aromatic N) is 5. The van der Waals surface area contributed by atoms with Crippen molar-refractivity contribution in [2.75, 3.05) is 11.9 Å². The van der Waals surface area contributed by atoms with Crippen LogP contribution in [0.5, 0.6) is 0 Å². The van der Waals surface area contributed by atoms with Gasteiger partial charge >= 0.3 is 0 Å². The van der Waals surface area contributed by atoms with Gasteiger partial charge in [0.25, 0.3) is 5.91 Å². The van der Waals surface area contributed by atoms with Gasteiger partial charge in [0, 0.05) is 54.2 Å². The number of rotatable bonds is 8. The zero-order chi connectivity index (χ0) is 21.5. The molecule has 0 bridgehead atoms. The van der Waals surface area contributed by atoms with Gasteiger partial charge in [-0.2, -0.15) is 0 Å². The van der Waals surface area contributed by atoms with Gasteiger partial charge < -0.3 is 15.2 Å². The summed E-state index contributed by atoms with van der Waals surface area (Å²) in [5.74, 6) is 0.385. The molecule has 0 saturated heterocycles. The van der Waals surface area contributed by atoms with Gasteiger partial charge in [0.1, 0.15) is 5.82 Å². The molecule has 3 heterocycles. The maximum atomic E-state index is 12.5. The molecule has 1 amide bonds. The van der Waals surface area contributed by atoms with Crippen molar-refractivity contribution in [1.29, 1.82) is 0 Å². The van der Waals surface area contributed by atoms with E-state index in [-0.39, 0.29) is 5.91 Å². The van der Waals surface area contributed by atoms with Crippen LogP contribution in [0, 0.1) is 0 Å². The lowest BCUT2D eigenvalue weighted by Gasteiger charge is -2.09. The van der Waals surface area contributed by atoms with Gasteiger partial charge in [-0.05, 0) is 30.7 Å². The van der Waals surface area contributed by atoms with Gasteiger partial charge in [0.2, 0.25) is 0 Å². The molecule has 156 valence electrons. The van der Waals surface area contributed by atoms with Crippen molar-refractivity contribution in [2.45, 2.75) is 13.0 Å². The Balaban J connectivity index is 1.41. The summed E-state index contributed by atoms with van der Waals surface area (Å²) >= 11 is 6.03. The second-order valence-corrected chi connectivity index (χ2v) is 7.23. The third-order valence-electron chi connectivity index (χ3n) is 4.47. The fourth-order valence-corrected chi connectivity index (χ4v) is 3.16. The van der Waals surface area contributed by atoms with Crippen molar-refractivity contribution >= 4 is 29.0 Å². The predicted molar refractivity (Wildman–Crippen MR) is 119 cm³/mol. The van der Waals surface area contributed by atoms with E-state index in [2.05, 4.69) is 30.6 Å². The number of aromatic nitrogens is 5. The molecular formula is C22H20ClN7O. The van der Waals surface area contributed by atoms with Crippen LogP contribution in [0.4, 0.5) is 11.5 Å². The Labute approximate surface area is 184 Å². The third kappa shape index (κ3) is 5.64. The van der Waals surface area contributed by atoms with Crippen LogP contribution in [0.1, 0.15) is 16.8 Å². The third-order valence-corrected chi connectivity index (χ3v) is 4.70. The van der Waals surface area contributed by atoms with Gasteiger partial charge in [0.05, 0.1) is 30.0 Å². The maximum absolute atomic E-state index is 12.5. The topological polar surface area (TPSA) is 97.6 Å². The molecule has 0 spiro atoms. The first-order chi connectivity index (χ1) is 15.2. The van der Waals surface area contributed by atoms with Gasteiger partial charge in [0.15, 0.2) is 0 Å². The van der Waals surface area contributed by atoms with Crippen molar-refractivity contribution in [3.05, 3.63) is 84.4 Å². The largest absolute Gasteiger partial charge is 0.352 e. The van der Waals surface area contributed by atoms with E-state index in [1.165, 1.54) is 6.20 Å². The van der Waals surface area contributed by atoms with Crippen molar-refractivity contribution in [3.63, 3.8) is 0 Å². The van der Waals surface area contributed by atoms with Gasteiger partial charge in [-0.15, -0.1) is 0 Å². The fourth-order valence-electron chi connectivity index (χ4n) is 2.97. The summed E-state index contributed by atoms with van der Waals surface area (Å²) in [6, 6.07) is 9.10. The van der Waals surface area contributed by atoms with Crippen LogP contribution >= 0.6 is 11.6 Å². The van der Waals surface area contributed by atoms with E-state index in [1.54, 1.807) is 49.3 Å². The molecule has 3 aromatic heterocycles. The lowest BCUT2D eigenvalue weighted by atomic mass is 10.1. The summed E-state index contributed by atoms with van der Waals surface area (Å²) in [5.41, 5.74) is 2.58. The highest BCUT2D eigenvalue weighted by Gasteiger charge is 2.09. The predicted octanol–water partition coefficient (Wildman–Crippen LogP) is 3.95. The highest BCUT2D eigenvalue weighted by atomic mass is 35.5. The smallest absolute Gasteiger partial charge is 0.252 e. The Morgan fingerprint density at radius 2 is 1.97 bits per heavy atom. The van der Waals surface area contributed by atoms with Crippen molar-refractivity contribution in [1.82, 2.24) is 29.8 Å².